The molecule has 1 aromatic rings. The van der Waals surface area contributed by atoms with Gasteiger partial charge in [0, 0.05) is 19.4 Å². The standard InChI is InChI=1S/C18H24N2O5/c1-18(2,17(23)24)11-15(21)19-13-10-16(22)20(12-13)8-9-25-14-6-4-3-5-7-14/h3-7,13H,8-12H2,1-2H3,(H,19,21)(H,23,24). The first-order chi connectivity index (χ1) is 11.8. The van der Waals surface area contributed by atoms with E-state index < -0.39 is 11.4 Å². The van der Waals surface area contributed by atoms with Gasteiger partial charge in [0.2, 0.25) is 11.8 Å². The highest BCUT2D eigenvalue weighted by atomic mass is 16.5. The molecule has 2 amide bonds. The summed E-state index contributed by atoms with van der Waals surface area (Å²) in [5.74, 6) is -0.674. The second kappa shape index (κ2) is 8.00. The number of likely N-dealkylation sites (tertiary alicyclic amines) is 1. The van der Waals surface area contributed by atoms with Crippen LogP contribution in [0.5, 0.6) is 5.75 Å². The molecule has 1 fully saturated rings. The van der Waals surface area contributed by atoms with Crippen molar-refractivity contribution in [2.45, 2.75) is 32.7 Å². The summed E-state index contributed by atoms with van der Waals surface area (Å²) < 4.78 is 5.58. The van der Waals surface area contributed by atoms with Crippen LogP contribution in [0.1, 0.15) is 26.7 Å². The molecule has 1 aliphatic heterocycles. The summed E-state index contributed by atoms with van der Waals surface area (Å²) in [6, 6.07) is 9.05. The van der Waals surface area contributed by atoms with Gasteiger partial charge in [-0.15, -0.1) is 0 Å². The summed E-state index contributed by atoms with van der Waals surface area (Å²) in [6.07, 6.45) is 0.106. The molecule has 1 saturated heterocycles. The molecule has 0 aliphatic carbocycles. The lowest BCUT2D eigenvalue weighted by Gasteiger charge is -2.20. The van der Waals surface area contributed by atoms with Gasteiger partial charge in [0.05, 0.1) is 18.0 Å². The predicted octanol–water partition coefficient (Wildman–Crippen LogP) is 1.28. The van der Waals surface area contributed by atoms with Crippen molar-refractivity contribution in [3.63, 3.8) is 0 Å². The summed E-state index contributed by atoms with van der Waals surface area (Å²) in [6.45, 7) is 4.24. The second-order valence-corrected chi connectivity index (χ2v) is 6.84. The van der Waals surface area contributed by atoms with E-state index in [1.165, 1.54) is 13.8 Å². The highest BCUT2D eigenvalue weighted by Gasteiger charge is 2.34. The van der Waals surface area contributed by atoms with Crippen molar-refractivity contribution in [1.82, 2.24) is 10.2 Å². The van der Waals surface area contributed by atoms with E-state index in [0.717, 1.165) is 5.75 Å². The van der Waals surface area contributed by atoms with Crippen LogP contribution in [0.4, 0.5) is 0 Å². The Morgan fingerprint density at radius 3 is 2.64 bits per heavy atom. The molecule has 1 atom stereocenters. The van der Waals surface area contributed by atoms with Crippen LogP contribution < -0.4 is 10.1 Å². The van der Waals surface area contributed by atoms with Crippen LogP contribution in [0.2, 0.25) is 0 Å². The molecule has 1 aromatic carbocycles. The number of carbonyl (C=O) groups is 3. The Hall–Kier alpha value is -2.57. The first-order valence-corrected chi connectivity index (χ1v) is 8.26. The smallest absolute Gasteiger partial charge is 0.309 e. The van der Waals surface area contributed by atoms with Gasteiger partial charge in [0.1, 0.15) is 12.4 Å². The summed E-state index contributed by atoms with van der Waals surface area (Å²) in [5.41, 5.74) is -1.13. The zero-order valence-corrected chi connectivity index (χ0v) is 14.5. The Morgan fingerprint density at radius 2 is 2.00 bits per heavy atom. The number of carboxylic acids is 1. The van der Waals surface area contributed by atoms with E-state index in [0.29, 0.717) is 19.7 Å². The quantitative estimate of drug-likeness (QED) is 0.738. The number of carboxylic acid groups (broad SMARTS) is 1. The van der Waals surface area contributed by atoms with Crippen LogP contribution >= 0.6 is 0 Å². The Labute approximate surface area is 147 Å². The molecule has 0 bridgehead atoms. The van der Waals surface area contributed by atoms with Gasteiger partial charge in [-0.3, -0.25) is 14.4 Å². The maximum atomic E-state index is 12.0. The molecule has 7 nitrogen and oxygen atoms in total. The molecule has 0 aromatic heterocycles. The molecule has 0 radical (unpaired) electrons. The van der Waals surface area contributed by atoms with Gasteiger partial charge in [-0.05, 0) is 26.0 Å². The third-order valence-corrected chi connectivity index (χ3v) is 4.13. The Balaban J connectivity index is 1.76. The average molecular weight is 348 g/mol. The molecule has 7 heteroatoms. The van der Waals surface area contributed by atoms with Crippen LogP contribution in [0.3, 0.4) is 0 Å². The fourth-order valence-electron chi connectivity index (χ4n) is 2.63. The molecule has 25 heavy (non-hydrogen) atoms. The van der Waals surface area contributed by atoms with Crippen molar-refractivity contribution in [2.75, 3.05) is 19.7 Å². The number of amides is 2. The minimum Gasteiger partial charge on any atom is -0.492 e. The molecule has 2 N–H and O–H groups in total. The SMILES string of the molecule is CC(C)(CC(=O)NC1CC(=O)N(CCOc2ccccc2)C1)C(=O)O. The van der Waals surface area contributed by atoms with Gasteiger partial charge in [0.25, 0.3) is 0 Å². The van der Waals surface area contributed by atoms with Crippen LogP contribution in [-0.2, 0) is 14.4 Å². The van der Waals surface area contributed by atoms with Crippen LogP contribution in [0, 0.1) is 5.41 Å². The van der Waals surface area contributed by atoms with Gasteiger partial charge in [0.15, 0.2) is 0 Å². The number of carbonyl (C=O) groups excluding carboxylic acids is 2. The zero-order chi connectivity index (χ0) is 18.4. The average Bonchev–Trinajstić information content (AvgIpc) is 2.87. The van der Waals surface area contributed by atoms with Gasteiger partial charge in [-0.25, -0.2) is 0 Å². The van der Waals surface area contributed by atoms with Crippen LogP contribution in [-0.4, -0.2) is 53.5 Å². The maximum Gasteiger partial charge on any atom is 0.309 e. The third-order valence-electron chi connectivity index (χ3n) is 4.13. The minimum absolute atomic E-state index is 0.0422. The van der Waals surface area contributed by atoms with Crippen molar-refractivity contribution >= 4 is 17.8 Å². The molecule has 2 rings (SSSR count). The number of hydrogen-bond donors (Lipinski definition) is 2. The van der Waals surface area contributed by atoms with E-state index >= 15 is 0 Å². The minimum atomic E-state index is -1.13. The van der Waals surface area contributed by atoms with Gasteiger partial charge < -0.3 is 20.1 Å². The molecule has 0 saturated carbocycles. The Kier molecular flexibility index (Phi) is 6.01. The van der Waals surface area contributed by atoms with Crippen LogP contribution in [0.25, 0.3) is 0 Å². The number of rotatable bonds is 8. The molecular weight excluding hydrogens is 324 g/mol. The number of aliphatic carboxylic acids is 1. The molecule has 1 aliphatic rings. The lowest BCUT2D eigenvalue weighted by molar-refractivity contribution is -0.149. The second-order valence-electron chi connectivity index (χ2n) is 6.84. The van der Waals surface area contributed by atoms with Gasteiger partial charge >= 0.3 is 5.97 Å². The lowest BCUT2D eigenvalue weighted by atomic mass is 9.89. The first-order valence-electron chi connectivity index (χ1n) is 8.26. The van der Waals surface area contributed by atoms with Crippen molar-refractivity contribution in [3.8, 4) is 5.75 Å². The zero-order valence-electron chi connectivity index (χ0n) is 14.5. The number of benzene rings is 1. The number of hydrogen-bond acceptors (Lipinski definition) is 4. The highest BCUT2D eigenvalue weighted by molar-refractivity contribution is 5.86. The van der Waals surface area contributed by atoms with Crippen LogP contribution in [0.15, 0.2) is 30.3 Å². The molecule has 1 unspecified atom stereocenters. The number of ether oxygens (including phenoxy) is 1. The predicted molar refractivity (Wildman–Crippen MR) is 91.1 cm³/mol. The monoisotopic (exact) mass is 348 g/mol. The highest BCUT2D eigenvalue weighted by Crippen LogP contribution is 2.21. The fraction of sp³-hybridized carbons (Fsp3) is 0.500. The maximum absolute atomic E-state index is 12.0. The summed E-state index contributed by atoms with van der Waals surface area (Å²) in [7, 11) is 0. The van der Waals surface area contributed by atoms with Crippen molar-refractivity contribution in [2.24, 2.45) is 5.41 Å². The van der Waals surface area contributed by atoms with Gasteiger partial charge in [-0.2, -0.15) is 0 Å². The molecule has 0 spiro atoms. The fourth-order valence-corrected chi connectivity index (χ4v) is 2.63. The van der Waals surface area contributed by atoms with E-state index in [9.17, 15) is 14.4 Å². The summed E-state index contributed by atoms with van der Waals surface area (Å²) in [4.78, 5) is 36.8. The van der Waals surface area contributed by atoms with E-state index in [2.05, 4.69) is 5.32 Å². The Morgan fingerprint density at radius 1 is 1.32 bits per heavy atom. The van der Waals surface area contributed by atoms with E-state index in [1.807, 2.05) is 30.3 Å². The van der Waals surface area contributed by atoms with Crippen molar-refractivity contribution in [3.05, 3.63) is 30.3 Å². The molecule has 1 heterocycles. The van der Waals surface area contributed by atoms with E-state index in [1.54, 1.807) is 4.90 Å². The van der Waals surface area contributed by atoms with Crippen molar-refractivity contribution in [1.29, 1.82) is 0 Å². The lowest BCUT2D eigenvalue weighted by Crippen LogP contribution is -2.40. The summed E-state index contributed by atoms with van der Waals surface area (Å²) in [5, 5.41) is 11.8. The number of nitrogens with zero attached hydrogens (tertiary/aromatic N) is 1. The normalized spacial score (nSPS) is 17.4. The molecule has 136 valence electrons. The number of nitrogens with one attached hydrogen (secondary N) is 1. The summed E-state index contributed by atoms with van der Waals surface area (Å²) >= 11 is 0. The van der Waals surface area contributed by atoms with Gasteiger partial charge in [-0.1, -0.05) is 18.2 Å². The molecular formula is C18H24N2O5. The topological polar surface area (TPSA) is 95.9 Å². The Bertz CT molecular complexity index is 630. The van der Waals surface area contributed by atoms with E-state index in [4.69, 9.17) is 9.84 Å². The third kappa shape index (κ3) is 5.48. The number of para-hydroxylation sites is 1. The first kappa shape index (κ1) is 18.8. The largest absolute Gasteiger partial charge is 0.492 e. The van der Waals surface area contributed by atoms with Crippen molar-refractivity contribution < 1.29 is 24.2 Å². The van der Waals surface area contributed by atoms with E-state index in [-0.39, 0.29) is 30.7 Å².